The Hall–Kier alpha value is -2.71. The van der Waals surface area contributed by atoms with Crippen molar-refractivity contribution in [3.05, 3.63) is 53.9 Å². The molecule has 1 amide bonds. The van der Waals surface area contributed by atoms with E-state index in [1.165, 1.54) is 21.0 Å². The number of carbonyl (C=O) groups excluding carboxylic acids is 1. The Morgan fingerprint density at radius 1 is 1.32 bits per heavy atom. The van der Waals surface area contributed by atoms with Gasteiger partial charge in [0.25, 0.3) is 5.91 Å². The quantitative estimate of drug-likeness (QED) is 0.700. The molecule has 166 valence electrons. The minimum Gasteiger partial charge on any atom is -0.493 e. The van der Waals surface area contributed by atoms with Crippen LogP contribution in [-0.2, 0) is 15.1 Å². The summed E-state index contributed by atoms with van der Waals surface area (Å²) in [5.74, 6) is 0.640. The maximum Gasteiger partial charge on any atom is 0.254 e. The lowest BCUT2D eigenvalue weighted by Gasteiger charge is -2.41. The van der Waals surface area contributed by atoms with E-state index in [-0.39, 0.29) is 25.4 Å². The third-order valence-corrected chi connectivity index (χ3v) is 5.61. The topological polar surface area (TPSA) is 70.1 Å². The van der Waals surface area contributed by atoms with Gasteiger partial charge in [-0.25, -0.2) is 4.39 Å². The van der Waals surface area contributed by atoms with Crippen LogP contribution in [0.3, 0.4) is 0 Å². The van der Waals surface area contributed by atoms with Crippen LogP contribution in [0.25, 0.3) is 0 Å². The van der Waals surface area contributed by atoms with Gasteiger partial charge in [-0.1, -0.05) is 6.07 Å². The first-order chi connectivity index (χ1) is 14.8. The third kappa shape index (κ3) is 4.36. The lowest BCUT2D eigenvalue weighted by atomic mass is 9.85. The number of alkyl halides is 1. The molecule has 2 atom stereocenters. The number of ether oxygens (including phenoxy) is 4. The number of methoxy groups -OCH3 is 1. The van der Waals surface area contributed by atoms with Crippen LogP contribution in [0.1, 0.15) is 36.3 Å². The minimum atomic E-state index is -1.48. The molecular weight excluding hydrogens is 403 g/mol. The third-order valence-electron chi connectivity index (χ3n) is 5.61. The minimum absolute atomic E-state index is 0.114. The van der Waals surface area contributed by atoms with E-state index in [1.54, 1.807) is 29.3 Å². The second kappa shape index (κ2) is 8.43. The summed E-state index contributed by atoms with van der Waals surface area (Å²) in [4.78, 5) is 19.4. The monoisotopic (exact) mass is 430 g/mol. The van der Waals surface area contributed by atoms with Crippen LogP contribution in [-0.4, -0.2) is 61.2 Å². The Kier molecular flexibility index (Phi) is 5.85. The summed E-state index contributed by atoms with van der Waals surface area (Å²) in [5.41, 5.74) is -0.819. The molecule has 31 heavy (non-hydrogen) atoms. The second-order valence-corrected chi connectivity index (χ2v) is 8.40. The van der Waals surface area contributed by atoms with E-state index in [2.05, 4.69) is 4.98 Å². The molecule has 0 bridgehead atoms. The van der Waals surface area contributed by atoms with E-state index in [9.17, 15) is 9.18 Å². The highest BCUT2D eigenvalue weighted by Gasteiger charge is 2.52. The molecule has 0 spiro atoms. The van der Waals surface area contributed by atoms with Crippen LogP contribution in [0.4, 0.5) is 4.39 Å². The number of halogens is 1. The fraction of sp³-hybridized carbons (Fsp3) is 0.478. The average molecular weight is 430 g/mol. The van der Waals surface area contributed by atoms with Crippen molar-refractivity contribution in [2.75, 3.05) is 33.6 Å². The molecule has 3 heterocycles. The van der Waals surface area contributed by atoms with E-state index in [4.69, 9.17) is 18.9 Å². The zero-order chi connectivity index (χ0) is 22.1. The summed E-state index contributed by atoms with van der Waals surface area (Å²) in [6.45, 7) is 3.84. The first kappa shape index (κ1) is 21.5. The van der Waals surface area contributed by atoms with Gasteiger partial charge in [-0.3, -0.25) is 9.78 Å². The van der Waals surface area contributed by atoms with Gasteiger partial charge >= 0.3 is 0 Å². The molecule has 2 saturated heterocycles. The summed E-state index contributed by atoms with van der Waals surface area (Å²) in [5, 5.41) is 0. The number of pyridine rings is 1. The molecule has 1 aromatic heterocycles. The number of benzene rings is 1. The van der Waals surface area contributed by atoms with Crippen molar-refractivity contribution in [2.45, 2.75) is 37.6 Å². The highest BCUT2D eigenvalue weighted by Crippen LogP contribution is 2.42. The van der Waals surface area contributed by atoms with Gasteiger partial charge in [0.2, 0.25) is 0 Å². The van der Waals surface area contributed by atoms with Crippen LogP contribution in [0.5, 0.6) is 11.5 Å². The standard InChI is InChI=1S/C23H27FN2O5/c1-22(2,24)14-29-17-8-7-16(12-18(17)28-3)21(27)26-11-9-23(19-6-4-5-10-25-19)20(13-26)30-15-31-23/h4-8,10,12,20H,9,11,13-15H2,1-3H3/t20-,23-/m1/s1. The summed E-state index contributed by atoms with van der Waals surface area (Å²) in [7, 11) is 1.49. The van der Waals surface area contributed by atoms with Crippen molar-refractivity contribution >= 4 is 5.91 Å². The van der Waals surface area contributed by atoms with Gasteiger partial charge in [-0.15, -0.1) is 0 Å². The van der Waals surface area contributed by atoms with Crippen LogP contribution >= 0.6 is 0 Å². The van der Waals surface area contributed by atoms with Gasteiger partial charge in [-0.05, 0) is 44.2 Å². The summed E-state index contributed by atoms with van der Waals surface area (Å²) >= 11 is 0. The maximum atomic E-state index is 13.8. The predicted molar refractivity (Wildman–Crippen MR) is 111 cm³/mol. The van der Waals surface area contributed by atoms with Crippen molar-refractivity contribution in [1.82, 2.24) is 9.88 Å². The number of hydrogen-bond acceptors (Lipinski definition) is 6. The number of carbonyl (C=O) groups is 1. The van der Waals surface area contributed by atoms with Crippen molar-refractivity contribution in [3.8, 4) is 11.5 Å². The van der Waals surface area contributed by atoms with E-state index in [1.807, 2.05) is 18.2 Å². The largest absolute Gasteiger partial charge is 0.493 e. The normalized spacial score (nSPS) is 23.4. The van der Waals surface area contributed by atoms with Gasteiger partial charge in [-0.2, -0.15) is 0 Å². The fourth-order valence-electron chi connectivity index (χ4n) is 3.99. The molecule has 0 saturated carbocycles. The molecule has 0 aliphatic carbocycles. The first-order valence-corrected chi connectivity index (χ1v) is 10.3. The Labute approximate surface area is 181 Å². The zero-order valence-electron chi connectivity index (χ0n) is 18.0. The average Bonchev–Trinajstić information content (AvgIpc) is 3.21. The van der Waals surface area contributed by atoms with Crippen LogP contribution in [0, 0.1) is 0 Å². The van der Waals surface area contributed by atoms with Crippen molar-refractivity contribution in [1.29, 1.82) is 0 Å². The number of piperidine rings is 1. The molecule has 0 unspecified atom stereocenters. The van der Waals surface area contributed by atoms with E-state index >= 15 is 0 Å². The summed E-state index contributed by atoms with van der Waals surface area (Å²) < 4.78 is 36.5. The number of amides is 1. The second-order valence-electron chi connectivity index (χ2n) is 8.40. The molecule has 8 heteroatoms. The van der Waals surface area contributed by atoms with Crippen molar-refractivity contribution in [3.63, 3.8) is 0 Å². The molecule has 2 aliphatic heterocycles. The predicted octanol–water partition coefficient (Wildman–Crippen LogP) is 3.33. The van der Waals surface area contributed by atoms with Crippen LogP contribution in [0.15, 0.2) is 42.6 Å². The van der Waals surface area contributed by atoms with Gasteiger partial charge in [0.15, 0.2) is 11.5 Å². The fourth-order valence-corrected chi connectivity index (χ4v) is 3.99. The Morgan fingerprint density at radius 3 is 2.87 bits per heavy atom. The van der Waals surface area contributed by atoms with Gasteiger partial charge in [0.05, 0.1) is 19.3 Å². The van der Waals surface area contributed by atoms with E-state index in [0.717, 1.165) is 5.69 Å². The molecule has 0 radical (unpaired) electrons. The number of nitrogens with zero attached hydrogens (tertiary/aromatic N) is 2. The molecular formula is C23H27FN2O5. The summed E-state index contributed by atoms with van der Waals surface area (Å²) in [6.07, 6.45) is 2.03. The van der Waals surface area contributed by atoms with E-state index in [0.29, 0.717) is 36.6 Å². The van der Waals surface area contributed by atoms with Crippen LogP contribution < -0.4 is 9.47 Å². The lowest BCUT2D eigenvalue weighted by Crippen LogP contribution is -2.53. The first-order valence-electron chi connectivity index (χ1n) is 10.3. The summed E-state index contributed by atoms with van der Waals surface area (Å²) in [6, 6.07) is 10.6. The lowest BCUT2D eigenvalue weighted by molar-refractivity contribution is -0.0470. The number of rotatable bonds is 6. The highest BCUT2D eigenvalue weighted by molar-refractivity contribution is 5.95. The smallest absolute Gasteiger partial charge is 0.254 e. The molecule has 7 nitrogen and oxygen atoms in total. The number of fused-ring (bicyclic) bond motifs is 1. The Balaban J connectivity index is 1.49. The zero-order valence-corrected chi connectivity index (χ0v) is 18.0. The maximum absolute atomic E-state index is 13.8. The Bertz CT molecular complexity index is 933. The number of aromatic nitrogens is 1. The molecule has 2 aromatic rings. The van der Waals surface area contributed by atoms with Gasteiger partial charge in [0.1, 0.15) is 30.8 Å². The van der Waals surface area contributed by atoms with Crippen LogP contribution in [0.2, 0.25) is 0 Å². The number of hydrogen-bond donors (Lipinski definition) is 0. The SMILES string of the molecule is COc1cc(C(=O)N2CC[C@]3(c4ccccn4)OCO[C@@H]3C2)ccc1OCC(C)(C)F. The van der Waals surface area contributed by atoms with Gasteiger partial charge in [0, 0.05) is 24.7 Å². The van der Waals surface area contributed by atoms with Crippen molar-refractivity contribution < 1.29 is 28.1 Å². The van der Waals surface area contributed by atoms with Crippen molar-refractivity contribution in [2.24, 2.45) is 0 Å². The molecule has 2 aliphatic rings. The molecule has 1 aromatic carbocycles. The number of likely N-dealkylation sites (tertiary alicyclic amines) is 1. The van der Waals surface area contributed by atoms with Gasteiger partial charge < -0.3 is 23.8 Å². The highest BCUT2D eigenvalue weighted by atomic mass is 19.1. The molecule has 0 N–H and O–H groups in total. The van der Waals surface area contributed by atoms with E-state index < -0.39 is 11.3 Å². The molecule has 2 fully saturated rings. The Morgan fingerprint density at radius 2 is 2.16 bits per heavy atom. The molecule has 4 rings (SSSR count).